The van der Waals surface area contributed by atoms with Crippen molar-refractivity contribution in [2.75, 3.05) is 12.4 Å². The van der Waals surface area contributed by atoms with Crippen LogP contribution in [0.5, 0.6) is 5.75 Å². The molecule has 0 spiro atoms. The molecule has 3 rings (SSSR count). The van der Waals surface area contributed by atoms with Gasteiger partial charge in [0, 0.05) is 11.3 Å². The highest BCUT2D eigenvalue weighted by Gasteiger charge is 2.12. The molecule has 0 aliphatic rings. The lowest BCUT2D eigenvalue weighted by Gasteiger charge is -2.10. The minimum atomic E-state index is -0.585. The van der Waals surface area contributed by atoms with Crippen LogP contribution in [0.1, 0.15) is 21.5 Å². The molecule has 0 saturated carbocycles. The second-order valence-corrected chi connectivity index (χ2v) is 7.93. The van der Waals surface area contributed by atoms with Gasteiger partial charge in [0.15, 0.2) is 0 Å². The molecule has 0 heterocycles. The molecule has 1 amide bonds. The Morgan fingerprint density at radius 3 is 2.48 bits per heavy atom. The molecule has 0 fully saturated rings. The van der Waals surface area contributed by atoms with Crippen molar-refractivity contribution in [3.63, 3.8) is 0 Å². The fourth-order valence-electron chi connectivity index (χ4n) is 2.82. The van der Waals surface area contributed by atoms with Gasteiger partial charge in [-0.3, -0.25) is 4.79 Å². The van der Waals surface area contributed by atoms with Crippen LogP contribution in [0.15, 0.2) is 72.3 Å². The summed E-state index contributed by atoms with van der Waals surface area (Å²) >= 11 is 2.07. The first kappa shape index (κ1) is 23.9. The number of ether oxygens (including phenoxy) is 2. The number of carbonyl (C=O) groups excluding carboxylic acids is 2. The van der Waals surface area contributed by atoms with Crippen molar-refractivity contribution in [2.45, 2.75) is 6.61 Å². The standard InChI is InChI=1S/C25H18FIN2O4/c1-32-25(31)17-7-9-20(10-8-17)29-24(30)19(14-28)12-16-6-11-23(22(27)13-16)33-15-18-4-2-3-5-21(18)26/h2-13H,15H2,1H3,(H,29,30)/b19-12+. The van der Waals surface area contributed by atoms with Crippen molar-refractivity contribution in [2.24, 2.45) is 0 Å². The first-order chi connectivity index (χ1) is 15.9. The summed E-state index contributed by atoms with van der Waals surface area (Å²) in [5, 5.41) is 12.1. The lowest BCUT2D eigenvalue weighted by Crippen LogP contribution is -2.13. The number of hydrogen-bond acceptors (Lipinski definition) is 5. The normalized spacial score (nSPS) is 10.8. The number of nitriles is 1. The molecular formula is C25H18FIN2O4. The Morgan fingerprint density at radius 2 is 1.85 bits per heavy atom. The number of anilines is 1. The molecule has 166 valence electrons. The zero-order chi connectivity index (χ0) is 23.8. The number of carbonyl (C=O) groups is 2. The summed E-state index contributed by atoms with van der Waals surface area (Å²) in [4.78, 5) is 24.0. The van der Waals surface area contributed by atoms with Crippen LogP contribution >= 0.6 is 22.6 Å². The summed E-state index contributed by atoms with van der Waals surface area (Å²) in [5.41, 5.74) is 1.76. The van der Waals surface area contributed by atoms with Crippen LogP contribution in [-0.4, -0.2) is 19.0 Å². The van der Waals surface area contributed by atoms with E-state index in [2.05, 4.69) is 32.6 Å². The SMILES string of the molecule is COC(=O)c1ccc(NC(=O)/C(C#N)=C/c2ccc(OCc3ccccc3F)c(I)c2)cc1. The summed E-state index contributed by atoms with van der Waals surface area (Å²) in [7, 11) is 1.28. The van der Waals surface area contributed by atoms with E-state index in [9.17, 15) is 19.2 Å². The summed E-state index contributed by atoms with van der Waals surface area (Å²) in [6.07, 6.45) is 1.46. The van der Waals surface area contributed by atoms with Crippen molar-refractivity contribution in [3.8, 4) is 11.8 Å². The average Bonchev–Trinajstić information content (AvgIpc) is 2.82. The number of rotatable bonds is 7. The molecule has 0 aromatic heterocycles. The minimum Gasteiger partial charge on any atom is -0.488 e. The van der Waals surface area contributed by atoms with Crippen molar-refractivity contribution in [1.29, 1.82) is 5.26 Å². The van der Waals surface area contributed by atoms with E-state index in [4.69, 9.17) is 4.74 Å². The van der Waals surface area contributed by atoms with Crippen LogP contribution in [0, 0.1) is 20.7 Å². The van der Waals surface area contributed by atoms with Crippen LogP contribution in [0.4, 0.5) is 10.1 Å². The number of esters is 1. The van der Waals surface area contributed by atoms with Crippen molar-refractivity contribution in [3.05, 3.63) is 98.4 Å². The van der Waals surface area contributed by atoms with E-state index in [1.807, 2.05) is 6.07 Å². The van der Waals surface area contributed by atoms with E-state index in [0.717, 1.165) is 3.57 Å². The van der Waals surface area contributed by atoms with E-state index < -0.39 is 11.9 Å². The molecule has 0 aliphatic carbocycles. The molecule has 0 saturated heterocycles. The van der Waals surface area contributed by atoms with Gasteiger partial charge in [0.2, 0.25) is 0 Å². The molecule has 8 heteroatoms. The summed E-state index contributed by atoms with van der Waals surface area (Å²) in [6.45, 7) is 0.0818. The average molecular weight is 556 g/mol. The van der Waals surface area contributed by atoms with Crippen LogP contribution < -0.4 is 10.1 Å². The highest BCUT2D eigenvalue weighted by Crippen LogP contribution is 2.25. The van der Waals surface area contributed by atoms with Gasteiger partial charge in [0.05, 0.1) is 16.2 Å². The first-order valence-corrected chi connectivity index (χ1v) is 10.8. The third kappa shape index (κ3) is 6.40. The largest absolute Gasteiger partial charge is 0.488 e. The van der Waals surface area contributed by atoms with E-state index in [-0.39, 0.29) is 18.0 Å². The van der Waals surface area contributed by atoms with Crippen molar-refractivity contribution < 1.29 is 23.5 Å². The molecule has 0 bridgehead atoms. The number of halogens is 2. The van der Waals surface area contributed by atoms with Gasteiger partial charge in [-0.05, 0) is 76.7 Å². The third-order valence-corrected chi connectivity index (χ3v) is 5.38. The maximum Gasteiger partial charge on any atom is 0.337 e. The van der Waals surface area contributed by atoms with Gasteiger partial charge in [0.25, 0.3) is 5.91 Å². The van der Waals surface area contributed by atoms with Gasteiger partial charge in [-0.1, -0.05) is 24.3 Å². The van der Waals surface area contributed by atoms with Crippen LogP contribution in [0.25, 0.3) is 6.08 Å². The molecule has 33 heavy (non-hydrogen) atoms. The quantitative estimate of drug-likeness (QED) is 0.184. The Hall–Kier alpha value is -3.71. The minimum absolute atomic E-state index is 0.0818. The zero-order valence-electron chi connectivity index (χ0n) is 17.5. The van der Waals surface area contributed by atoms with Crippen LogP contribution in [0.2, 0.25) is 0 Å². The van der Waals surface area contributed by atoms with Crippen LogP contribution in [0.3, 0.4) is 0 Å². The maximum absolute atomic E-state index is 13.8. The van der Waals surface area contributed by atoms with Gasteiger partial charge in [-0.25, -0.2) is 9.18 Å². The van der Waals surface area contributed by atoms with Crippen molar-refractivity contribution >= 4 is 46.2 Å². The van der Waals surface area contributed by atoms with Gasteiger partial charge in [0.1, 0.15) is 29.8 Å². The maximum atomic E-state index is 13.8. The molecule has 1 N–H and O–H groups in total. The second kappa shape index (κ2) is 11.2. The lowest BCUT2D eigenvalue weighted by atomic mass is 10.1. The van der Waals surface area contributed by atoms with Gasteiger partial charge < -0.3 is 14.8 Å². The highest BCUT2D eigenvalue weighted by atomic mass is 127. The van der Waals surface area contributed by atoms with E-state index in [0.29, 0.717) is 28.1 Å². The van der Waals surface area contributed by atoms with Gasteiger partial charge in [-0.2, -0.15) is 5.26 Å². The Bertz CT molecular complexity index is 1250. The molecule has 3 aromatic carbocycles. The Morgan fingerprint density at radius 1 is 1.12 bits per heavy atom. The fourth-order valence-corrected chi connectivity index (χ4v) is 3.51. The van der Waals surface area contributed by atoms with E-state index in [1.165, 1.54) is 31.4 Å². The topological polar surface area (TPSA) is 88.4 Å². The summed E-state index contributed by atoms with van der Waals surface area (Å²) in [5.74, 6) is -0.846. The number of methoxy groups -OCH3 is 1. The molecule has 0 unspecified atom stereocenters. The Balaban J connectivity index is 1.69. The lowest BCUT2D eigenvalue weighted by molar-refractivity contribution is -0.112. The summed E-state index contributed by atoms with van der Waals surface area (Å²) in [6, 6.07) is 19.6. The number of hydrogen-bond donors (Lipinski definition) is 1. The van der Waals surface area contributed by atoms with Gasteiger partial charge >= 0.3 is 5.97 Å². The molecule has 0 radical (unpaired) electrons. The third-order valence-electron chi connectivity index (χ3n) is 4.54. The monoisotopic (exact) mass is 556 g/mol. The van der Waals surface area contributed by atoms with E-state index in [1.54, 1.807) is 48.5 Å². The molecule has 3 aromatic rings. The molecule has 0 aliphatic heterocycles. The van der Waals surface area contributed by atoms with Crippen molar-refractivity contribution in [1.82, 2.24) is 0 Å². The highest BCUT2D eigenvalue weighted by molar-refractivity contribution is 14.1. The molecule has 0 atom stereocenters. The smallest absolute Gasteiger partial charge is 0.337 e. The molecular weight excluding hydrogens is 538 g/mol. The summed E-state index contributed by atoms with van der Waals surface area (Å²) < 4.78 is 24.8. The van der Waals surface area contributed by atoms with Crippen LogP contribution in [-0.2, 0) is 16.1 Å². The second-order valence-electron chi connectivity index (χ2n) is 6.76. The number of nitrogens with zero attached hydrogens (tertiary/aromatic N) is 1. The number of nitrogens with one attached hydrogen (secondary N) is 1. The molecule has 6 nitrogen and oxygen atoms in total. The number of benzene rings is 3. The Kier molecular flexibility index (Phi) is 8.16. The number of amides is 1. The predicted octanol–water partition coefficient (Wildman–Crippen LogP) is 5.34. The first-order valence-electron chi connectivity index (χ1n) is 9.68. The fraction of sp³-hybridized carbons (Fsp3) is 0.0800. The van der Waals surface area contributed by atoms with E-state index >= 15 is 0 Å². The Labute approximate surface area is 203 Å². The predicted molar refractivity (Wildman–Crippen MR) is 130 cm³/mol. The zero-order valence-corrected chi connectivity index (χ0v) is 19.6. The van der Waals surface area contributed by atoms with Gasteiger partial charge in [-0.15, -0.1) is 0 Å².